The quantitative estimate of drug-likeness (QED) is 0.737. The van der Waals surface area contributed by atoms with Gasteiger partial charge in [-0.2, -0.15) is 0 Å². The predicted molar refractivity (Wildman–Crippen MR) is 83.6 cm³/mol. The third-order valence-corrected chi connectivity index (χ3v) is 5.95. The molecule has 2 heteroatoms. The van der Waals surface area contributed by atoms with E-state index in [0.29, 0.717) is 6.04 Å². The molecule has 3 rings (SSSR count). The molecule has 2 aliphatic rings. The minimum atomic E-state index is 0.644. The van der Waals surface area contributed by atoms with Gasteiger partial charge in [0.15, 0.2) is 0 Å². The van der Waals surface area contributed by atoms with Crippen molar-refractivity contribution in [3.63, 3.8) is 0 Å². The molecule has 0 saturated heterocycles. The summed E-state index contributed by atoms with van der Waals surface area (Å²) in [6.45, 7) is 0. The second-order valence-corrected chi connectivity index (χ2v) is 7.37. The summed E-state index contributed by atoms with van der Waals surface area (Å²) >= 11 is 1.95. The van der Waals surface area contributed by atoms with Crippen LogP contribution in [0.5, 0.6) is 0 Å². The van der Waals surface area contributed by atoms with Crippen LogP contribution in [0.25, 0.3) is 0 Å². The Labute approximate surface area is 121 Å². The van der Waals surface area contributed by atoms with Gasteiger partial charge in [0.25, 0.3) is 0 Å². The van der Waals surface area contributed by atoms with Gasteiger partial charge >= 0.3 is 0 Å². The minimum Gasteiger partial charge on any atom is -0.306 e. The Morgan fingerprint density at radius 2 is 1.63 bits per heavy atom. The highest BCUT2D eigenvalue weighted by molar-refractivity contribution is 7.10. The summed E-state index contributed by atoms with van der Waals surface area (Å²) in [4.78, 5) is 1.58. The zero-order valence-corrected chi connectivity index (χ0v) is 12.8. The summed E-state index contributed by atoms with van der Waals surface area (Å²) in [6.07, 6.45) is 14.3. The van der Waals surface area contributed by atoms with Crippen LogP contribution in [0.15, 0.2) is 17.5 Å². The molecule has 0 aromatic carbocycles. The Morgan fingerprint density at radius 3 is 2.26 bits per heavy atom. The maximum atomic E-state index is 4.05. The summed E-state index contributed by atoms with van der Waals surface area (Å²) in [5, 5.41) is 6.29. The first kappa shape index (κ1) is 13.6. The predicted octanol–water partition coefficient (Wildman–Crippen LogP) is 5.29. The highest BCUT2D eigenvalue weighted by Gasteiger charge is 2.28. The van der Waals surface area contributed by atoms with E-state index >= 15 is 0 Å². The Hall–Kier alpha value is -0.340. The lowest BCUT2D eigenvalue weighted by atomic mass is 9.94. The van der Waals surface area contributed by atoms with Crippen LogP contribution in [0.2, 0.25) is 0 Å². The van der Waals surface area contributed by atoms with Gasteiger partial charge in [-0.1, -0.05) is 44.6 Å². The number of nitrogens with one attached hydrogen (secondary N) is 1. The number of thiophene rings is 1. The zero-order chi connectivity index (χ0) is 12.9. The summed E-state index contributed by atoms with van der Waals surface area (Å²) in [7, 11) is 0. The van der Waals surface area contributed by atoms with Crippen molar-refractivity contribution in [2.45, 2.75) is 76.3 Å². The monoisotopic (exact) mass is 277 g/mol. The lowest BCUT2D eigenvalue weighted by Gasteiger charge is -2.29. The third-order valence-electron chi connectivity index (χ3n) is 4.99. The molecule has 2 saturated carbocycles. The number of hydrogen-bond donors (Lipinski definition) is 1. The maximum absolute atomic E-state index is 4.05. The normalized spacial score (nSPS) is 24.4. The first-order valence-corrected chi connectivity index (χ1v) is 9.11. The average molecular weight is 277 g/mol. The molecule has 1 heterocycles. The molecule has 1 aromatic rings. The van der Waals surface area contributed by atoms with Gasteiger partial charge in [0.05, 0.1) is 0 Å². The highest BCUT2D eigenvalue weighted by atomic mass is 32.1. The zero-order valence-electron chi connectivity index (χ0n) is 11.9. The van der Waals surface area contributed by atoms with Crippen LogP contribution in [0.3, 0.4) is 0 Å². The minimum absolute atomic E-state index is 0.644. The molecule has 2 fully saturated rings. The number of hydrogen-bond acceptors (Lipinski definition) is 2. The second-order valence-electron chi connectivity index (χ2n) is 6.39. The van der Waals surface area contributed by atoms with Gasteiger partial charge in [0.1, 0.15) is 0 Å². The molecule has 106 valence electrons. The fraction of sp³-hybridized carbons (Fsp3) is 0.765. The summed E-state index contributed by atoms with van der Waals surface area (Å²) in [5.41, 5.74) is 0. The first-order valence-electron chi connectivity index (χ1n) is 8.23. The molecule has 1 N–H and O–H groups in total. The SMILES string of the molecule is c1csc(C(NC2CCCCCC2)C2CCCC2)c1. The molecule has 19 heavy (non-hydrogen) atoms. The van der Waals surface area contributed by atoms with Crippen molar-refractivity contribution in [2.24, 2.45) is 5.92 Å². The average Bonchev–Trinajstić information content (AvgIpc) is 3.07. The van der Waals surface area contributed by atoms with Gasteiger partial charge in [0.2, 0.25) is 0 Å². The van der Waals surface area contributed by atoms with Crippen LogP contribution in [-0.4, -0.2) is 6.04 Å². The molecule has 1 atom stereocenters. The molecule has 0 radical (unpaired) electrons. The van der Waals surface area contributed by atoms with Gasteiger partial charge in [-0.25, -0.2) is 0 Å². The topological polar surface area (TPSA) is 12.0 Å². The molecule has 1 unspecified atom stereocenters. The van der Waals surface area contributed by atoms with E-state index in [9.17, 15) is 0 Å². The first-order chi connectivity index (χ1) is 9.43. The third kappa shape index (κ3) is 3.61. The Balaban J connectivity index is 1.67. The van der Waals surface area contributed by atoms with E-state index in [1.54, 1.807) is 4.88 Å². The van der Waals surface area contributed by atoms with Crippen molar-refractivity contribution >= 4 is 11.3 Å². The Bertz CT molecular complexity index is 345. The summed E-state index contributed by atoms with van der Waals surface area (Å²) in [5.74, 6) is 0.891. The smallest absolute Gasteiger partial charge is 0.0445 e. The van der Waals surface area contributed by atoms with Crippen molar-refractivity contribution in [3.05, 3.63) is 22.4 Å². The molecular formula is C17H27NS. The maximum Gasteiger partial charge on any atom is 0.0445 e. The van der Waals surface area contributed by atoms with Gasteiger partial charge in [0, 0.05) is 17.0 Å². The molecule has 0 bridgehead atoms. The largest absolute Gasteiger partial charge is 0.306 e. The molecule has 0 aliphatic heterocycles. The van der Waals surface area contributed by atoms with Crippen LogP contribution in [0, 0.1) is 5.92 Å². The molecule has 1 aromatic heterocycles. The molecule has 0 amide bonds. The van der Waals surface area contributed by atoms with Crippen LogP contribution in [0.1, 0.15) is 75.1 Å². The van der Waals surface area contributed by atoms with Crippen LogP contribution >= 0.6 is 11.3 Å². The highest BCUT2D eigenvalue weighted by Crippen LogP contribution is 2.38. The van der Waals surface area contributed by atoms with Crippen molar-refractivity contribution in [1.82, 2.24) is 5.32 Å². The van der Waals surface area contributed by atoms with Crippen LogP contribution in [0.4, 0.5) is 0 Å². The fourth-order valence-corrected chi connectivity index (χ4v) is 4.79. The van der Waals surface area contributed by atoms with Gasteiger partial charge < -0.3 is 5.32 Å². The van der Waals surface area contributed by atoms with Gasteiger partial charge in [-0.3, -0.25) is 0 Å². The number of rotatable bonds is 4. The Kier molecular flexibility index (Phi) is 4.95. The molecule has 2 aliphatic carbocycles. The van der Waals surface area contributed by atoms with Gasteiger partial charge in [-0.05, 0) is 43.0 Å². The van der Waals surface area contributed by atoms with Crippen LogP contribution < -0.4 is 5.32 Å². The van der Waals surface area contributed by atoms with Crippen molar-refractivity contribution in [3.8, 4) is 0 Å². The van der Waals surface area contributed by atoms with E-state index in [2.05, 4.69) is 22.8 Å². The molecule has 0 spiro atoms. The van der Waals surface area contributed by atoms with Gasteiger partial charge in [-0.15, -0.1) is 11.3 Å². The van der Waals surface area contributed by atoms with E-state index in [-0.39, 0.29) is 0 Å². The molecule has 1 nitrogen and oxygen atoms in total. The summed E-state index contributed by atoms with van der Waals surface area (Å²) in [6, 6.07) is 5.98. The summed E-state index contributed by atoms with van der Waals surface area (Å²) < 4.78 is 0. The Morgan fingerprint density at radius 1 is 0.947 bits per heavy atom. The van der Waals surface area contributed by atoms with Crippen molar-refractivity contribution < 1.29 is 0 Å². The van der Waals surface area contributed by atoms with Crippen LogP contribution in [-0.2, 0) is 0 Å². The molecular weight excluding hydrogens is 250 g/mol. The lowest BCUT2D eigenvalue weighted by molar-refractivity contribution is 0.315. The van der Waals surface area contributed by atoms with Crippen molar-refractivity contribution in [1.29, 1.82) is 0 Å². The van der Waals surface area contributed by atoms with E-state index in [4.69, 9.17) is 0 Å². The van der Waals surface area contributed by atoms with Crippen molar-refractivity contribution in [2.75, 3.05) is 0 Å². The van der Waals surface area contributed by atoms with E-state index in [1.165, 1.54) is 64.2 Å². The second kappa shape index (κ2) is 6.90. The fourth-order valence-electron chi connectivity index (χ4n) is 3.91. The van der Waals surface area contributed by atoms with E-state index < -0.39 is 0 Å². The lowest BCUT2D eigenvalue weighted by Crippen LogP contribution is -2.35. The standard InChI is InChI=1S/C17H27NS/c1-2-4-11-15(10-3-1)18-17(14-8-5-6-9-14)16-12-7-13-19-16/h7,12-15,17-18H,1-6,8-11H2. The van der Waals surface area contributed by atoms with E-state index in [0.717, 1.165) is 12.0 Å². The van der Waals surface area contributed by atoms with E-state index in [1.807, 2.05) is 11.3 Å².